The van der Waals surface area contributed by atoms with Crippen molar-refractivity contribution in [3.05, 3.63) is 0 Å². The molecule has 0 unspecified atom stereocenters. The highest BCUT2D eigenvalue weighted by atomic mass is 14.5. The molecule has 0 aliphatic heterocycles. The Bertz CT molecular complexity index is 154. The number of hydrogen-bond acceptors (Lipinski definition) is 1. The molecule has 0 radical (unpaired) electrons. The molecule has 0 spiro atoms. The molecule has 0 aromatic heterocycles. The Morgan fingerprint density at radius 2 is 2.00 bits per heavy atom. The van der Waals surface area contributed by atoms with E-state index in [4.69, 9.17) is 12.2 Å². The Balaban J connectivity index is 2.99. The molecule has 0 aromatic rings. The molecule has 2 N–H and O–H groups in total. The van der Waals surface area contributed by atoms with Gasteiger partial charge in [-0.2, -0.15) is 0 Å². The molecule has 0 aromatic carbocycles. The summed E-state index contributed by atoms with van der Waals surface area (Å²) in [4.78, 5) is 0. The molecule has 1 nitrogen and oxygen atoms in total. The molecule has 0 aliphatic carbocycles. The predicted molar refractivity (Wildman–Crippen MR) is 44.1 cm³/mol. The maximum absolute atomic E-state index is 5.30. The molecule has 0 atom stereocenters. The summed E-state index contributed by atoms with van der Waals surface area (Å²) in [5.74, 6) is 7.71. The summed E-state index contributed by atoms with van der Waals surface area (Å²) in [5, 5.41) is 0. The van der Waals surface area contributed by atoms with Crippen molar-refractivity contribution in [2.24, 2.45) is 5.73 Å². The molecule has 0 aliphatic rings. The lowest BCUT2D eigenvalue weighted by Gasteiger charge is -1.91. The minimum absolute atomic E-state index is 0.780. The van der Waals surface area contributed by atoms with Crippen molar-refractivity contribution >= 4 is 0 Å². The zero-order chi connectivity index (χ0) is 7.66. The third-order valence-electron chi connectivity index (χ3n) is 1.17. The van der Waals surface area contributed by atoms with Crippen molar-refractivity contribution in [1.82, 2.24) is 0 Å². The molecular formula is C9H13N. The van der Waals surface area contributed by atoms with E-state index >= 15 is 0 Å². The van der Waals surface area contributed by atoms with E-state index < -0.39 is 0 Å². The fourth-order valence-corrected chi connectivity index (χ4v) is 0.648. The molecule has 0 saturated carbocycles. The molecule has 0 saturated heterocycles. The highest BCUT2D eigenvalue weighted by molar-refractivity contribution is 5.21. The van der Waals surface area contributed by atoms with Crippen LogP contribution in [0.3, 0.4) is 0 Å². The largest absolute Gasteiger partial charge is 0.330 e. The monoisotopic (exact) mass is 135 g/mol. The fourth-order valence-electron chi connectivity index (χ4n) is 0.648. The van der Waals surface area contributed by atoms with Crippen LogP contribution < -0.4 is 5.73 Å². The number of rotatable bonds is 4. The van der Waals surface area contributed by atoms with E-state index in [9.17, 15) is 0 Å². The maximum atomic E-state index is 5.30. The summed E-state index contributed by atoms with van der Waals surface area (Å²) in [6.45, 7) is 0.780. The van der Waals surface area contributed by atoms with Crippen LogP contribution in [-0.2, 0) is 0 Å². The van der Waals surface area contributed by atoms with Gasteiger partial charge in [0.15, 0.2) is 0 Å². The van der Waals surface area contributed by atoms with E-state index in [1.807, 2.05) is 0 Å². The first kappa shape index (κ1) is 9.08. The van der Waals surface area contributed by atoms with Crippen LogP contribution in [0.25, 0.3) is 0 Å². The second-order valence-electron chi connectivity index (χ2n) is 2.05. The highest BCUT2D eigenvalue weighted by Crippen LogP contribution is 1.95. The summed E-state index contributed by atoms with van der Waals surface area (Å²) < 4.78 is 0. The van der Waals surface area contributed by atoms with Crippen LogP contribution in [0.1, 0.15) is 25.7 Å². The van der Waals surface area contributed by atoms with Crippen molar-refractivity contribution < 1.29 is 0 Å². The van der Waals surface area contributed by atoms with Gasteiger partial charge in [-0.25, -0.2) is 0 Å². The van der Waals surface area contributed by atoms with Gasteiger partial charge in [0.05, 0.1) is 0 Å². The van der Waals surface area contributed by atoms with E-state index in [0.29, 0.717) is 0 Å². The normalized spacial score (nSPS) is 7.60. The number of hydrogen-bond donors (Lipinski definition) is 1. The first-order valence-electron chi connectivity index (χ1n) is 3.55. The molecule has 0 rings (SSSR count). The van der Waals surface area contributed by atoms with Gasteiger partial charge in [-0.3, -0.25) is 0 Å². The van der Waals surface area contributed by atoms with Gasteiger partial charge in [-0.15, -0.1) is 6.42 Å². The maximum Gasteiger partial charge on any atom is 0.00989 e. The number of nitrogens with two attached hydrogens (primary N) is 1. The van der Waals surface area contributed by atoms with Gasteiger partial charge in [-0.05, 0) is 31.2 Å². The van der Waals surface area contributed by atoms with Crippen molar-refractivity contribution in [2.75, 3.05) is 6.54 Å². The lowest BCUT2D eigenvalue weighted by Crippen LogP contribution is -1.97. The molecule has 0 bridgehead atoms. The van der Waals surface area contributed by atoms with E-state index in [1.165, 1.54) is 0 Å². The Labute approximate surface area is 63.0 Å². The van der Waals surface area contributed by atoms with Gasteiger partial charge >= 0.3 is 0 Å². The second kappa shape index (κ2) is 8.08. The minimum Gasteiger partial charge on any atom is -0.330 e. The average molecular weight is 135 g/mol. The lowest BCUT2D eigenvalue weighted by molar-refractivity contribution is 0.701. The van der Waals surface area contributed by atoms with Crippen molar-refractivity contribution in [3.8, 4) is 24.2 Å². The van der Waals surface area contributed by atoms with Crippen molar-refractivity contribution in [1.29, 1.82) is 0 Å². The summed E-state index contributed by atoms with van der Waals surface area (Å²) in [6, 6.07) is 0. The molecular weight excluding hydrogens is 122 g/mol. The molecule has 1 heteroatoms. The van der Waals surface area contributed by atoms with Gasteiger partial charge in [-0.1, -0.05) is 12.3 Å². The van der Waals surface area contributed by atoms with Crippen LogP contribution >= 0.6 is 0 Å². The van der Waals surface area contributed by atoms with Crippen LogP contribution in [0.15, 0.2) is 0 Å². The quantitative estimate of drug-likeness (QED) is 0.454. The van der Waals surface area contributed by atoms with Gasteiger partial charge < -0.3 is 5.73 Å². The molecule has 54 valence electrons. The van der Waals surface area contributed by atoms with Gasteiger partial charge in [0.25, 0.3) is 0 Å². The van der Waals surface area contributed by atoms with Crippen LogP contribution in [0.5, 0.6) is 0 Å². The number of terminal acetylenes is 1. The lowest BCUT2D eigenvalue weighted by atomic mass is 10.2. The first-order chi connectivity index (χ1) is 4.91. The summed E-state index contributed by atoms with van der Waals surface area (Å²) in [5.41, 5.74) is 5.30. The Hall–Kier alpha value is -0.920. The topological polar surface area (TPSA) is 26.0 Å². The SMILES string of the molecule is C#CC#CCCCCCN. The Kier molecular flexibility index (Phi) is 7.34. The Morgan fingerprint density at radius 1 is 1.20 bits per heavy atom. The Morgan fingerprint density at radius 3 is 2.60 bits per heavy atom. The summed E-state index contributed by atoms with van der Waals surface area (Å²) >= 11 is 0. The molecule has 0 heterocycles. The first-order valence-corrected chi connectivity index (χ1v) is 3.55. The summed E-state index contributed by atoms with van der Waals surface area (Å²) in [6.07, 6.45) is 9.21. The second-order valence-corrected chi connectivity index (χ2v) is 2.05. The van der Waals surface area contributed by atoms with Crippen LogP contribution in [0.2, 0.25) is 0 Å². The predicted octanol–water partition coefficient (Wildman–Crippen LogP) is 1.14. The van der Waals surface area contributed by atoms with Crippen LogP contribution in [0, 0.1) is 24.2 Å². The average Bonchev–Trinajstić information content (AvgIpc) is 1.97. The summed E-state index contributed by atoms with van der Waals surface area (Å²) in [7, 11) is 0. The minimum atomic E-state index is 0.780. The van der Waals surface area contributed by atoms with E-state index in [0.717, 1.165) is 32.2 Å². The standard InChI is InChI=1S/C9H13N/c1-2-3-4-5-6-7-8-9-10/h1H,5-10H2. The fraction of sp³-hybridized carbons (Fsp3) is 0.556. The zero-order valence-corrected chi connectivity index (χ0v) is 6.19. The van der Waals surface area contributed by atoms with Crippen LogP contribution in [-0.4, -0.2) is 6.54 Å². The van der Waals surface area contributed by atoms with Crippen molar-refractivity contribution in [3.63, 3.8) is 0 Å². The molecule has 0 fully saturated rings. The molecule has 0 amide bonds. The highest BCUT2D eigenvalue weighted by Gasteiger charge is 1.82. The number of unbranched alkanes of at least 4 members (excludes halogenated alkanes) is 3. The third-order valence-corrected chi connectivity index (χ3v) is 1.17. The zero-order valence-electron chi connectivity index (χ0n) is 6.19. The van der Waals surface area contributed by atoms with Crippen molar-refractivity contribution in [2.45, 2.75) is 25.7 Å². The van der Waals surface area contributed by atoms with Gasteiger partial charge in [0, 0.05) is 6.42 Å². The third kappa shape index (κ3) is 7.08. The van der Waals surface area contributed by atoms with Gasteiger partial charge in [0.1, 0.15) is 0 Å². The van der Waals surface area contributed by atoms with Crippen LogP contribution in [0.4, 0.5) is 0 Å². The van der Waals surface area contributed by atoms with E-state index in [-0.39, 0.29) is 0 Å². The van der Waals surface area contributed by atoms with E-state index in [2.05, 4.69) is 17.8 Å². The van der Waals surface area contributed by atoms with Gasteiger partial charge in [0.2, 0.25) is 0 Å². The van der Waals surface area contributed by atoms with E-state index in [1.54, 1.807) is 0 Å². The smallest absolute Gasteiger partial charge is 0.00989 e. The molecule has 10 heavy (non-hydrogen) atoms.